The van der Waals surface area contributed by atoms with Crippen LogP contribution in [0.15, 0.2) is 0 Å². The third-order valence-corrected chi connectivity index (χ3v) is 1.70. The van der Waals surface area contributed by atoms with Crippen molar-refractivity contribution < 1.29 is 4.79 Å². The fourth-order valence-corrected chi connectivity index (χ4v) is 0.911. The van der Waals surface area contributed by atoms with Gasteiger partial charge in [-0.2, -0.15) is 0 Å². The van der Waals surface area contributed by atoms with Crippen molar-refractivity contribution >= 4 is 28.8 Å². The molecule has 0 aliphatic carbocycles. The number of nitrogens with one attached hydrogen (secondary N) is 1. The minimum absolute atomic E-state index is 0.201. The predicted molar refractivity (Wildman–Crippen MR) is 50.0 cm³/mol. The number of carbonyl (C=O) groups excluding carboxylic acids is 1. The monoisotopic (exact) mass is 256 g/mol. The van der Waals surface area contributed by atoms with Gasteiger partial charge < -0.3 is 4.90 Å². The molecule has 0 bridgehead atoms. The summed E-state index contributed by atoms with van der Waals surface area (Å²) < 4.78 is 2.96. The van der Waals surface area contributed by atoms with Gasteiger partial charge in [0.05, 0.1) is 0 Å². The van der Waals surface area contributed by atoms with E-state index in [0.717, 1.165) is 13.0 Å². The van der Waals surface area contributed by atoms with Crippen LogP contribution in [0.1, 0.15) is 12.8 Å². The van der Waals surface area contributed by atoms with E-state index in [-0.39, 0.29) is 5.91 Å². The Morgan fingerprint density at radius 1 is 1.60 bits per heavy atom. The Hall–Kier alpha value is 0.160. The third-order valence-electron chi connectivity index (χ3n) is 1.16. The van der Waals surface area contributed by atoms with Crippen LogP contribution in [0.3, 0.4) is 0 Å². The quantitative estimate of drug-likeness (QED) is 0.458. The second-order valence-electron chi connectivity index (χ2n) is 2.28. The normalized spacial score (nSPS) is 9.50. The fourth-order valence-electron chi connectivity index (χ4n) is 0.530. The summed E-state index contributed by atoms with van der Waals surface area (Å²) in [5.74, 6) is 0.201. The summed E-state index contributed by atoms with van der Waals surface area (Å²) in [5.41, 5.74) is 0. The van der Waals surface area contributed by atoms with E-state index in [4.69, 9.17) is 0 Å². The molecule has 0 atom stereocenters. The van der Waals surface area contributed by atoms with Crippen molar-refractivity contribution in [3.8, 4) is 0 Å². The SMILES string of the molecule is CN(C)C(=O)CCCNI. The molecule has 1 amide bonds. The van der Waals surface area contributed by atoms with E-state index < -0.39 is 0 Å². The van der Waals surface area contributed by atoms with Crippen LogP contribution >= 0.6 is 22.9 Å². The summed E-state index contributed by atoms with van der Waals surface area (Å²) in [5, 5.41) is 0. The minimum Gasteiger partial charge on any atom is -0.349 e. The molecular formula is C6H13IN2O. The van der Waals surface area contributed by atoms with E-state index >= 15 is 0 Å². The van der Waals surface area contributed by atoms with Crippen LogP contribution in [0.5, 0.6) is 0 Å². The van der Waals surface area contributed by atoms with Crippen LogP contribution in [0, 0.1) is 0 Å². The van der Waals surface area contributed by atoms with Gasteiger partial charge in [-0.3, -0.25) is 8.32 Å². The molecule has 10 heavy (non-hydrogen) atoms. The molecule has 0 aromatic rings. The van der Waals surface area contributed by atoms with Gasteiger partial charge >= 0.3 is 0 Å². The first-order valence-electron chi connectivity index (χ1n) is 3.22. The first kappa shape index (κ1) is 10.2. The van der Waals surface area contributed by atoms with E-state index in [0.29, 0.717) is 6.42 Å². The van der Waals surface area contributed by atoms with Crippen LogP contribution in [0.4, 0.5) is 0 Å². The van der Waals surface area contributed by atoms with Gasteiger partial charge in [-0.15, -0.1) is 0 Å². The molecule has 0 unspecified atom stereocenters. The maximum Gasteiger partial charge on any atom is 0.222 e. The topological polar surface area (TPSA) is 32.3 Å². The molecule has 0 radical (unpaired) electrons. The highest BCUT2D eigenvalue weighted by molar-refractivity contribution is 14.1. The highest BCUT2D eigenvalue weighted by Gasteiger charge is 2.01. The van der Waals surface area contributed by atoms with Gasteiger partial charge in [0, 0.05) is 49.9 Å². The second-order valence-corrected chi connectivity index (χ2v) is 3.04. The lowest BCUT2D eigenvalue weighted by Crippen LogP contribution is -2.22. The zero-order valence-corrected chi connectivity index (χ0v) is 8.51. The van der Waals surface area contributed by atoms with Crippen molar-refractivity contribution in [1.29, 1.82) is 0 Å². The highest BCUT2D eigenvalue weighted by Crippen LogP contribution is 1.92. The first-order valence-corrected chi connectivity index (χ1v) is 4.30. The molecule has 0 spiro atoms. The van der Waals surface area contributed by atoms with Gasteiger partial charge in [0.2, 0.25) is 5.91 Å². The molecule has 0 heterocycles. The number of rotatable bonds is 4. The van der Waals surface area contributed by atoms with Crippen molar-refractivity contribution in [2.24, 2.45) is 0 Å². The molecule has 60 valence electrons. The number of carbonyl (C=O) groups is 1. The Morgan fingerprint density at radius 3 is 2.60 bits per heavy atom. The Bertz CT molecular complexity index is 106. The van der Waals surface area contributed by atoms with Gasteiger partial charge in [0.25, 0.3) is 0 Å². The molecule has 0 aromatic heterocycles. The molecule has 0 saturated heterocycles. The van der Waals surface area contributed by atoms with Crippen molar-refractivity contribution in [3.63, 3.8) is 0 Å². The van der Waals surface area contributed by atoms with Gasteiger partial charge in [-0.05, 0) is 6.42 Å². The number of hydrogen-bond acceptors (Lipinski definition) is 2. The summed E-state index contributed by atoms with van der Waals surface area (Å²) in [6, 6.07) is 0. The van der Waals surface area contributed by atoms with Gasteiger partial charge in [0.15, 0.2) is 0 Å². The average molecular weight is 256 g/mol. The van der Waals surface area contributed by atoms with E-state index in [2.05, 4.69) is 26.4 Å². The molecular weight excluding hydrogens is 243 g/mol. The molecule has 0 saturated carbocycles. The Morgan fingerprint density at radius 2 is 2.20 bits per heavy atom. The number of amides is 1. The second kappa shape index (κ2) is 5.91. The van der Waals surface area contributed by atoms with Crippen LogP contribution in [0.25, 0.3) is 0 Å². The first-order chi connectivity index (χ1) is 4.68. The molecule has 3 nitrogen and oxygen atoms in total. The van der Waals surface area contributed by atoms with Crippen LogP contribution in [-0.4, -0.2) is 31.4 Å². The number of halogens is 1. The van der Waals surface area contributed by atoms with E-state index in [1.165, 1.54) is 0 Å². The minimum atomic E-state index is 0.201. The van der Waals surface area contributed by atoms with Crippen molar-refractivity contribution in [2.75, 3.05) is 20.6 Å². The Balaban J connectivity index is 3.22. The number of nitrogens with zero attached hydrogens (tertiary/aromatic N) is 1. The highest BCUT2D eigenvalue weighted by atomic mass is 127. The largest absolute Gasteiger partial charge is 0.349 e. The van der Waals surface area contributed by atoms with E-state index in [1.807, 2.05) is 0 Å². The van der Waals surface area contributed by atoms with E-state index in [9.17, 15) is 4.79 Å². The number of hydrogen-bond donors (Lipinski definition) is 1. The Labute approximate surface area is 75.7 Å². The van der Waals surface area contributed by atoms with Crippen LogP contribution < -0.4 is 3.53 Å². The summed E-state index contributed by atoms with van der Waals surface area (Å²) in [4.78, 5) is 12.5. The zero-order chi connectivity index (χ0) is 7.98. The summed E-state index contributed by atoms with van der Waals surface area (Å²) in [6.45, 7) is 0.903. The predicted octanol–water partition coefficient (Wildman–Crippen LogP) is 0.794. The molecule has 4 heteroatoms. The van der Waals surface area contributed by atoms with Gasteiger partial charge in [0.1, 0.15) is 0 Å². The lowest BCUT2D eigenvalue weighted by atomic mass is 10.3. The smallest absolute Gasteiger partial charge is 0.222 e. The fraction of sp³-hybridized carbons (Fsp3) is 0.833. The average Bonchev–Trinajstić information content (AvgIpc) is 1.88. The summed E-state index contributed by atoms with van der Waals surface area (Å²) in [7, 11) is 3.56. The van der Waals surface area contributed by atoms with Gasteiger partial charge in [-0.25, -0.2) is 0 Å². The maximum absolute atomic E-state index is 10.9. The molecule has 0 aromatic carbocycles. The lowest BCUT2D eigenvalue weighted by Gasteiger charge is -2.08. The summed E-state index contributed by atoms with van der Waals surface area (Å²) >= 11 is 2.08. The van der Waals surface area contributed by atoms with Crippen molar-refractivity contribution in [1.82, 2.24) is 8.43 Å². The van der Waals surface area contributed by atoms with Gasteiger partial charge in [-0.1, -0.05) is 0 Å². The molecule has 0 aliphatic heterocycles. The zero-order valence-electron chi connectivity index (χ0n) is 6.35. The lowest BCUT2D eigenvalue weighted by molar-refractivity contribution is -0.128. The van der Waals surface area contributed by atoms with Crippen molar-refractivity contribution in [2.45, 2.75) is 12.8 Å². The molecule has 1 N–H and O–H groups in total. The summed E-state index contributed by atoms with van der Waals surface area (Å²) in [6.07, 6.45) is 1.56. The Kier molecular flexibility index (Phi) is 6.00. The van der Waals surface area contributed by atoms with Crippen LogP contribution in [-0.2, 0) is 4.79 Å². The molecule has 0 aliphatic rings. The third kappa shape index (κ3) is 4.99. The maximum atomic E-state index is 10.9. The molecule has 0 fully saturated rings. The molecule has 0 rings (SSSR count). The van der Waals surface area contributed by atoms with E-state index in [1.54, 1.807) is 19.0 Å². The van der Waals surface area contributed by atoms with Crippen molar-refractivity contribution in [3.05, 3.63) is 0 Å². The standard InChI is InChI=1S/C6H13IN2O/c1-9(2)6(10)4-3-5-8-7/h8H,3-5H2,1-2H3. The van der Waals surface area contributed by atoms with Crippen LogP contribution in [0.2, 0.25) is 0 Å².